The van der Waals surface area contributed by atoms with Crippen LogP contribution in [-0.2, 0) is 9.53 Å². The Hall–Kier alpha value is -1.67. The first-order valence-electron chi connectivity index (χ1n) is 4.92. The third-order valence-electron chi connectivity index (χ3n) is 2.44. The molecular formula is C9H11N3O4S. The number of carbonyl (C=O) groups excluding carboxylic acids is 1. The molecule has 0 spiro atoms. The summed E-state index contributed by atoms with van der Waals surface area (Å²) in [5, 5.41) is 16.1. The van der Waals surface area contributed by atoms with E-state index in [2.05, 4.69) is 15.6 Å². The number of rotatable bonds is 3. The topological polar surface area (TPSA) is 101 Å². The monoisotopic (exact) mass is 257 g/mol. The van der Waals surface area contributed by atoms with E-state index < -0.39 is 17.5 Å². The van der Waals surface area contributed by atoms with Gasteiger partial charge in [-0.05, 0) is 0 Å². The van der Waals surface area contributed by atoms with Crippen LogP contribution in [0.2, 0.25) is 0 Å². The van der Waals surface area contributed by atoms with E-state index in [9.17, 15) is 9.59 Å². The number of nitrogens with zero attached hydrogens (tertiary/aromatic N) is 1. The van der Waals surface area contributed by atoms with Crippen LogP contribution in [0.5, 0.6) is 0 Å². The van der Waals surface area contributed by atoms with Crippen molar-refractivity contribution in [3.63, 3.8) is 0 Å². The van der Waals surface area contributed by atoms with Crippen molar-refractivity contribution < 1.29 is 19.4 Å². The normalized spacial score (nSPS) is 23.3. The Balaban J connectivity index is 1.99. The van der Waals surface area contributed by atoms with Crippen molar-refractivity contribution >= 4 is 28.5 Å². The van der Waals surface area contributed by atoms with Gasteiger partial charge in [-0.3, -0.25) is 5.32 Å². The van der Waals surface area contributed by atoms with Crippen LogP contribution in [0.25, 0.3) is 0 Å². The van der Waals surface area contributed by atoms with Crippen molar-refractivity contribution in [2.75, 3.05) is 18.5 Å². The molecule has 2 rings (SSSR count). The molecule has 1 aliphatic rings. The smallest absolute Gasteiger partial charge is 0.332 e. The van der Waals surface area contributed by atoms with Gasteiger partial charge in [0.25, 0.3) is 0 Å². The van der Waals surface area contributed by atoms with E-state index in [0.717, 1.165) is 0 Å². The fourth-order valence-corrected chi connectivity index (χ4v) is 2.04. The maximum atomic E-state index is 11.6. The van der Waals surface area contributed by atoms with Crippen LogP contribution < -0.4 is 10.6 Å². The Morgan fingerprint density at radius 2 is 2.41 bits per heavy atom. The lowest BCUT2D eigenvalue weighted by atomic mass is 9.99. The van der Waals surface area contributed by atoms with E-state index in [-0.39, 0.29) is 13.0 Å². The van der Waals surface area contributed by atoms with Crippen LogP contribution in [-0.4, -0.2) is 40.8 Å². The molecule has 1 saturated heterocycles. The number of aromatic nitrogens is 1. The van der Waals surface area contributed by atoms with Crippen LogP contribution in [0.15, 0.2) is 11.6 Å². The summed E-state index contributed by atoms with van der Waals surface area (Å²) in [4.78, 5) is 26.6. The third-order valence-corrected chi connectivity index (χ3v) is 3.13. The molecule has 7 nitrogen and oxygen atoms in total. The van der Waals surface area contributed by atoms with Gasteiger partial charge in [0, 0.05) is 24.6 Å². The van der Waals surface area contributed by atoms with Gasteiger partial charge in [0.05, 0.1) is 6.61 Å². The maximum Gasteiger partial charge on any atom is 0.332 e. The molecule has 0 bridgehead atoms. The summed E-state index contributed by atoms with van der Waals surface area (Å²) in [5.41, 5.74) is -1.33. The first-order chi connectivity index (χ1) is 8.12. The second-order valence-electron chi connectivity index (χ2n) is 3.61. The number of carbonyl (C=O) groups is 2. The summed E-state index contributed by atoms with van der Waals surface area (Å²) >= 11 is 1.25. The highest BCUT2D eigenvalue weighted by Gasteiger charge is 2.44. The lowest BCUT2D eigenvalue weighted by Crippen LogP contribution is -2.56. The lowest BCUT2D eigenvalue weighted by molar-refractivity contribution is -0.144. The molecule has 0 aromatic carbocycles. The Labute approximate surface area is 101 Å². The standard InChI is InChI=1S/C9H11N3O4S/c13-6(14)9(1-3-16-5-9)12-7(15)11-8-10-2-4-17-8/h2,4H,1,3,5H2,(H,13,14)(H2,10,11,12,15). The first-order valence-corrected chi connectivity index (χ1v) is 5.80. The Morgan fingerprint density at radius 3 is 2.94 bits per heavy atom. The van der Waals surface area contributed by atoms with Gasteiger partial charge in [0.2, 0.25) is 0 Å². The predicted octanol–water partition coefficient (Wildman–Crippen LogP) is 0.508. The van der Waals surface area contributed by atoms with E-state index in [1.54, 1.807) is 11.6 Å². The number of carboxylic acids is 1. The number of anilines is 1. The number of amides is 2. The van der Waals surface area contributed by atoms with Crippen molar-refractivity contribution in [3.05, 3.63) is 11.6 Å². The van der Waals surface area contributed by atoms with Gasteiger partial charge in [-0.25, -0.2) is 14.6 Å². The summed E-state index contributed by atoms with van der Waals surface area (Å²) in [6.07, 6.45) is 1.81. The second-order valence-corrected chi connectivity index (χ2v) is 4.50. The van der Waals surface area contributed by atoms with Crippen molar-refractivity contribution in [1.82, 2.24) is 10.3 Å². The molecule has 3 N–H and O–H groups in total. The number of urea groups is 1. The third kappa shape index (κ3) is 2.53. The van der Waals surface area contributed by atoms with Gasteiger partial charge in [-0.2, -0.15) is 0 Å². The van der Waals surface area contributed by atoms with Gasteiger partial charge < -0.3 is 15.2 Å². The van der Waals surface area contributed by atoms with Crippen molar-refractivity contribution in [2.24, 2.45) is 0 Å². The van der Waals surface area contributed by atoms with E-state index >= 15 is 0 Å². The lowest BCUT2D eigenvalue weighted by Gasteiger charge is -2.23. The van der Waals surface area contributed by atoms with E-state index in [4.69, 9.17) is 9.84 Å². The quantitative estimate of drug-likeness (QED) is 0.732. The van der Waals surface area contributed by atoms with Crippen LogP contribution in [0.4, 0.5) is 9.93 Å². The van der Waals surface area contributed by atoms with E-state index in [1.807, 2.05) is 0 Å². The largest absolute Gasteiger partial charge is 0.479 e. The van der Waals surface area contributed by atoms with Gasteiger partial charge in [-0.1, -0.05) is 0 Å². The zero-order valence-electron chi connectivity index (χ0n) is 8.80. The minimum atomic E-state index is -1.33. The number of hydrogen-bond donors (Lipinski definition) is 3. The molecule has 17 heavy (non-hydrogen) atoms. The molecule has 1 fully saturated rings. The average molecular weight is 257 g/mol. The Kier molecular flexibility index (Phi) is 3.25. The van der Waals surface area contributed by atoms with Crippen LogP contribution in [0.3, 0.4) is 0 Å². The summed E-state index contributed by atoms with van der Waals surface area (Å²) in [6, 6.07) is -0.590. The molecule has 0 aliphatic carbocycles. The van der Waals surface area contributed by atoms with E-state index in [0.29, 0.717) is 11.7 Å². The Morgan fingerprint density at radius 1 is 1.59 bits per heavy atom. The van der Waals surface area contributed by atoms with Crippen molar-refractivity contribution in [2.45, 2.75) is 12.0 Å². The van der Waals surface area contributed by atoms with Gasteiger partial charge in [0.1, 0.15) is 0 Å². The zero-order valence-corrected chi connectivity index (χ0v) is 9.62. The maximum absolute atomic E-state index is 11.6. The highest BCUT2D eigenvalue weighted by atomic mass is 32.1. The predicted molar refractivity (Wildman–Crippen MR) is 60.1 cm³/mol. The van der Waals surface area contributed by atoms with Crippen molar-refractivity contribution in [1.29, 1.82) is 0 Å². The molecule has 0 saturated carbocycles. The fourth-order valence-electron chi connectivity index (χ4n) is 1.52. The molecular weight excluding hydrogens is 246 g/mol. The summed E-state index contributed by atoms with van der Waals surface area (Å²) < 4.78 is 5.02. The molecule has 2 heterocycles. The molecule has 1 aromatic heterocycles. The number of thiazole rings is 1. The first kappa shape index (κ1) is 11.8. The molecule has 1 atom stereocenters. The van der Waals surface area contributed by atoms with E-state index in [1.165, 1.54) is 11.3 Å². The molecule has 2 amide bonds. The van der Waals surface area contributed by atoms with Crippen LogP contribution in [0, 0.1) is 0 Å². The number of aliphatic carboxylic acids is 1. The summed E-state index contributed by atoms with van der Waals surface area (Å²) in [7, 11) is 0. The number of carboxylic acid groups (broad SMARTS) is 1. The van der Waals surface area contributed by atoms with Crippen LogP contribution >= 0.6 is 11.3 Å². The van der Waals surface area contributed by atoms with Gasteiger partial charge >= 0.3 is 12.0 Å². The molecule has 1 aromatic rings. The van der Waals surface area contributed by atoms with Gasteiger partial charge in [-0.15, -0.1) is 11.3 Å². The molecule has 0 radical (unpaired) electrons. The van der Waals surface area contributed by atoms with Crippen molar-refractivity contribution in [3.8, 4) is 0 Å². The number of nitrogens with one attached hydrogen (secondary N) is 2. The minimum Gasteiger partial charge on any atom is -0.479 e. The second kappa shape index (κ2) is 4.68. The summed E-state index contributed by atoms with van der Waals surface area (Å²) in [6.45, 7) is 0.303. The Bertz CT molecular complexity index is 414. The molecule has 8 heteroatoms. The molecule has 92 valence electrons. The summed E-state index contributed by atoms with van der Waals surface area (Å²) in [5.74, 6) is -1.09. The molecule has 1 unspecified atom stereocenters. The molecule has 1 aliphatic heterocycles. The average Bonchev–Trinajstić information content (AvgIpc) is 2.89. The SMILES string of the molecule is O=C(Nc1nccs1)NC1(C(=O)O)CCOC1. The highest BCUT2D eigenvalue weighted by molar-refractivity contribution is 7.13. The van der Waals surface area contributed by atoms with Crippen LogP contribution in [0.1, 0.15) is 6.42 Å². The minimum absolute atomic E-state index is 0.0202. The number of hydrogen-bond acceptors (Lipinski definition) is 5. The number of ether oxygens (including phenoxy) is 1. The highest BCUT2D eigenvalue weighted by Crippen LogP contribution is 2.19. The fraction of sp³-hybridized carbons (Fsp3) is 0.444. The zero-order chi connectivity index (χ0) is 12.3. The van der Waals surface area contributed by atoms with Gasteiger partial charge in [0.15, 0.2) is 10.7 Å².